The zero-order chi connectivity index (χ0) is 14.5. The first-order valence-electron chi connectivity index (χ1n) is 6.70. The normalized spacial score (nSPS) is 11.1. The molecule has 0 aliphatic carbocycles. The maximum absolute atomic E-state index is 5.31. The van der Waals surface area contributed by atoms with E-state index in [1.54, 1.807) is 22.7 Å². The van der Waals surface area contributed by atoms with Crippen LogP contribution < -0.4 is 0 Å². The summed E-state index contributed by atoms with van der Waals surface area (Å²) < 4.78 is 8.90. The summed E-state index contributed by atoms with van der Waals surface area (Å²) in [4.78, 5) is 0. The first-order chi connectivity index (χ1) is 10.3. The van der Waals surface area contributed by atoms with Crippen LogP contribution in [0.4, 0.5) is 0 Å². The van der Waals surface area contributed by atoms with Gasteiger partial charge in [-0.15, -0.1) is 5.10 Å². The van der Waals surface area contributed by atoms with Crippen molar-refractivity contribution in [1.82, 2.24) is 30.0 Å². The second kappa shape index (κ2) is 6.57. The minimum absolute atomic E-state index is 0.560. The SMILES string of the molecule is Cn1cc(CCCSc2nnnn2Cc2ccco2)cn1. The van der Waals surface area contributed by atoms with Crippen LogP contribution >= 0.6 is 11.8 Å². The molecular weight excluding hydrogens is 288 g/mol. The number of thioether (sulfide) groups is 1. The minimum Gasteiger partial charge on any atom is -0.467 e. The van der Waals surface area contributed by atoms with Crippen molar-refractivity contribution >= 4 is 11.8 Å². The van der Waals surface area contributed by atoms with E-state index in [1.165, 1.54) is 5.56 Å². The van der Waals surface area contributed by atoms with Gasteiger partial charge in [0.05, 0.1) is 12.5 Å². The van der Waals surface area contributed by atoms with Crippen molar-refractivity contribution in [2.45, 2.75) is 24.5 Å². The number of aromatic nitrogens is 6. The molecule has 0 aliphatic heterocycles. The predicted octanol–water partition coefficient (Wildman–Crippen LogP) is 1.77. The monoisotopic (exact) mass is 304 g/mol. The molecule has 0 unspecified atom stereocenters. The highest BCUT2D eigenvalue weighted by Gasteiger charge is 2.08. The van der Waals surface area contributed by atoms with Crippen LogP contribution in [0.2, 0.25) is 0 Å². The van der Waals surface area contributed by atoms with Crippen molar-refractivity contribution in [3.63, 3.8) is 0 Å². The van der Waals surface area contributed by atoms with Gasteiger partial charge in [-0.25, -0.2) is 4.68 Å². The van der Waals surface area contributed by atoms with Crippen LogP contribution in [0.5, 0.6) is 0 Å². The van der Waals surface area contributed by atoms with E-state index >= 15 is 0 Å². The molecule has 0 fully saturated rings. The molecule has 0 amide bonds. The first kappa shape index (κ1) is 13.9. The van der Waals surface area contributed by atoms with E-state index in [0.717, 1.165) is 29.5 Å². The van der Waals surface area contributed by atoms with Gasteiger partial charge in [-0.05, 0) is 41.0 Å². The number of aryl methyl sites for hydroxylation is 2. The maximum atomic E-state index is 5.31. The van der Waals surface area contributed by atoms with Gasteiger partial charge in [-0.3, -0.25) is 4.68 Å². The lowest BCUT2D eigenvalue weighted by Gasteiger charge is -2.02. The molecule has 7 nitrogen and oxygen atoms in total. The highest BCUT2D eigenvalue weighted by Crippen LogP contribution is 2.17. The fourth-order valence-corrected chi connectivity index (χ4v) is 2.81. The Morgan fingerprint density at radius 2 is 2.33 bits per heavy atom. The summed E-state index contributed by atoms with van der Waals surface area (Å²) in [6.45, 7) is 0.560. The van der Waals surface area contributed by atoms with Crippen LogP contribution in [0, 0.1) is 0 Å². The summed E-state index contributed by atoms with van der Waals surface area (Å²) in [7, 11) is 1.93. The number of rotatable bonds is 7. The topological polar surface area (TPSA) is 74.6 Å². The van der Waals surface area contributed by atoms with Crippen LogP contribution in [-0.4, -0.2) is 35.7 Å². The Kier molecular flexibility index (Phi) is 4.34. The van der Waals surface area contributed by atoms with Gasteiger partial charge in [0.25, 0.3) is 0 Å². The Morgan fingerprint density at radius 1 is 1.38 bits per heavy atom. The van der Waals surface area contributed by atoms with E-state index in [1.807, 2.05) is 36.3 Å². The standard InChI is InChI=1S/C13H16N6OS/c1-18-9-11(8-14-18)4-3-7-21-13-15-16-17-19(13)10-12-5-2-6-20-12/h2,5-6,8-9H,3-4,7,10H2,1H3. The van der Waals surface area contributed by atoms with Crippen molar-refractivity contribution in [2.75, 3.05) is 5.75 Å². The molecule has 0 atom stereocenters. The van der Waals surface area contributed by atoms with E-state index in [4.69, 9.17) is 4.42 Å². The Morgan fingerprint density at radius 3 is 3.10 bits per heavy atom. The Labute approximate surface area is 126 Å². The van der Waals surface area contributed by atoms with Gasteiger partial charge in [0.15, 0.2) is 0 Å². The largest absolute Gasteiger partial charge is 0.467 e. The molecule has 0 saturated heterocycles. The molecule has 0 N–H and O–H groups in total. The quantitative estimate of drug-likeness (QED) is 0.489. The second-order valence-electron chi connectivity index (χ2n) is 4.67. The summed E-state index contributed by atoms with van der Waals surface area (Å²) in [5, 5.41) is 16.8. The third kappa shape index (κ3) is 3.72. The molecule has 3 rings (SSSR count). The van der Waals surface area contributed by atoms with Gasteiger partial charge >= 0.3 is 0 Å². The fraction of sp³-hybridized carbons (Fsp3) is 0.385. The Hall–Kier alpha value is -2.09. The van der Waals surface area contributed by atoms with Crippen molar-refractivity contribution in [3.8, 4) is 0 Å². The molecule has 0 radical (unpaired) electrons. The summed E-state index contributed by atoms with van der Waals surface area (Å²) in [6, 6.07) is 3.78. The number of hydrogen-bond donors (Lipinski definition) is 0. The Bertz CT molecular complexity index is 674. The summed E-state index contributed by atoms with van der Waals surface area (Å²) in [5.41, 5.74) is 1.26. The van der Waals surface area contributed by atoms with Gasteiger partial charge in [0, 0.05) is 19.0 Å². The molecule has 0 spiro atoms. The average Bonchev–Trinajstić information content (AvgIpc) is 3.19. The van der Waals surface area contributed by atoms with Crippen molar-refractivity contribution in [2.24, 2.45) is 7.05 Å². The van der Waals surface area contributed by atoms with E-state index in [2.05, 4.69) is 20.6 Å². The highest BCUT2D eigenvalue weighted by molar-refractivity contribution is 7.99. The smallest absolute Gasteiger partial charge is 0.209 e. The van der Waals surface area contributed by atoms with Gasteiger partial charge in [-0.1, -0.05) is 11.8 Å². The molecule has 0 saturated carbocycles. The van der Waals surface area contributed by atoms with E-state index in [0.29, 0.717) is 6.54 Å². The molecule has 21 heavy (non-hydrogen) atoms. The van der Waals surface area contributed by atoms with E-state index < -0.39 is 0 Å². The predicted molar refractivity (Wildman–Crippen MR) is 77.9 cm³/mol. The third-order valence-corrected chi connectivity index (χ3v) is 4.03. The molecule has 8 heteroatoms. The van der Waals surface area contributed by atoms with Crippen LogP contribution in [0.15, 0.2) is 40.4 Å². The van der Waals surface area contributed by atoms with Gasteiger partial charge < -0.3 is 4.42 Å². The average molecular weight is 304 g/mol. The lowest BCUT2D eigenvalue weighted by molar-refractivity contribution is 0.462. The number of nitrogens with zero attached hydrogens (tertiary/aromatic N) is 6. The van der Waals surface area contributed by atoms with Crippen molar-refractivity contribution in [3.05, 3.63) is 42.1 Å². The van der Waals surface area contributed by atoms with Gasteiger partial charge in [-0.2, -0.15) is 5.10 Å². The summed E-state index contributed by atoms with van der Waals surface area (Å²) in [5.74, 6) is 1.81. The molecule has 3 heterocycles. The molecule has 0 aromatic carbocycles. The van der Waals surface area contributed by atoms with E-state index in [9.17, 15) is 0 Å². The lowest BCUT2D eigenvalue weighted by Crippen LogP contribution is -2.03. The molecule has 3 aromatic heterocycles. The highest BCUT2D eigenvalue weighted by atomic mass is 32.2. The number of hydrogen-bond acceptors (Lipinski definition) is 6. The number of furan rings is 1. The lowest BCUT2D eigenvalue weighted by atomic mass is 10.2. The van der Waals surface area contributed by atoms with Crippen LogP contribution in [0.3, 0.4) is 0 Å². The van der Waals surface area contributed by atoms with Gasteiger partial charge in [0.1, 0.15) is 12.3 Å². The zero-order valence-corrected chi connectivity index (χ0v) is 12.5. The number of tetrazole rings is 1. The minimum atomic E-state index is 0.560. The fourth-order valence-electron chi connectivity index (χ4n) is 1.99. The maximum Gasteiger partial charge on any atom is 0.209 e. The zero-order valence-electron chi connectivity index (χ0n) is 11.7. The van der Waals surface area contributed by atoms with Crippen LogP contribution in [0.25, 0.3) is 0 Å². The molecular formula is C13H16N6OS. The summed E-state index contributed by atoms with van der Waals surface area (Å²) >= 11 is 1.66. The third-order valence-electron chi connectivity index (χ3n) is 2.98. The Balaban J connectivity index is 1.48. The molecule has 0 aliphatic rings. The molecule has 3 aromatic rings. The molecule has 0 bridgehead atoms. The van der Waals surface area contributed by atoms with Gasteiger partial charge in [0.2, 0.25) is 5.16 Å². The molecule has 110 valence electrons. The van der Waals surface area contributed by atoms with Crippen LogP contribution in [-0.2, 0) is 20.0 Å². The second-order valence-corrected chi connectivity index (χ2v) is 5.73. The van der Waals surface area contributed by atoms with Crippen molar-refractivity contribution in [1.29, 1.82) is 0 Å². The van der Waals surface area contributed by atoms with Crippen LogP contribution in [0.1, 0.15) is 17.7 Å². The van der Waals surface area contributed by atoms with E-state index in [-0.39, 0.29) is 0 Å². The van der Waals surface area contributed by atoms with Crippen molar-refractivity contribution < 1.29 is 4.42 Å². The summed E-state index contributed by atoms with van der Waals surface area (Å²) in [6.07, 6.45) is 7.68. The first-order valence-corrected chi connectivity index (χ1v) is 7.69.